The Morgan fingerprint density at radius 1 is 1.11 bits per heavy atom. The van der Waals surface area contributed by atoms with Gasteiger partial charge in [-0.25, -0.2) is 13.4 Å². The second kappa shape index (κ2) is 9.01. The van der Waals surface area contributed by atoms with Crippen molar-refractivity contribution in [1.29, 1.82) is 0 Å². The maximum atomic E-state index is 13.4. The van der Waals surface area contributed by atoms with Crippen LogP contribution in [0.25, 0.3) is 0 Å². The van der Waals surface area contributed by atoms with Gasteiger partial charge in [0.2, 0.25) is 10.0 Å². The summed E-state index contributed by atoms with van der Waals surface area (Å²) >= 11 is 0. The first-order chi connectivity index (χ1) is 16.8. The van der Waals surface area contributed by atoms with Crippen LogP contribution in [0.2, 0.25) is 0 Å². The monoisotopic (exact) mass is 494 g/mol. The number of para-hydroxylation sites is 2. The van der Waals surface area contributed by atoms with E-state index in [9.17, 15) is 8.42 Å². The van der Waals surface area contributed by atoms with E-state index in [0.717, 1.165) is 28.5 Å². The van der Waals surface area contributed by atoms with Crippen molar-refractivity contribution in [1.82, 2.24) is 19.8 Å². The molecule has 3 N–H and O–H groups in total. The number of methoxy groups -OCH3 is 1. The molecular formula is C25H30N6O3S. The predicted molar refractivity (Wildman–Crippen MR) is 136 cm³/mol. The molecule has 10 heteroatoms. The fourth-order valence-corrected chi connectivity index (χ4v) is 6.69. The summed E-state index contributed by atoms with van der Waals surface area (Å²) in [4.78, 5) is 5.25. The number of hydrogen-bond acceptors (Lipinski definition) is 7. The number of sulfonamides is 1. The highest BCUT2D eigenvalue weighted by Gasteiger charge is 2.45. The summed E-state index contributed by atoms with van der Waals surface area (Å²) in [5.41, 5.74) is 3.47. The summed E-state index contributed by atoms with van der Waals surface area (Å²) in [5, 5.41) is 14.1. The van der Waals surface area contributed by atoms with Crippen molar-refractivity contribution in [3.63, 3.8) is 0 Å². The van der Waals surface area contributed by atoms with Gasteiger partial charge in [0.05, 0.1) is 35.4 Å². The lowest BCUT2D eigenvalue weighted by molar-refractivity contribution is 0.296. The molecule has 0 saturated carbocycles. The molecule has 0 aliphatic carbocycles. The number of amidine groups is 1. The van der Waals surface area contributed by atoms with Gasteiger partial charge < -0.3 is 15.4 Å². The number of aromatic nitrogens is 2. The normalized spacial score (nSPS) is 17.4. The fourth-order valence-electron chi connectivity index (χ4n) is 4.92. The Bertz CT molecular complexity index is 1350. The zero-order valence-electron chi connectivity index (χ0n) is 20.1. The zero-order valence-corrected chi connectivity index (χ0v) is 20.9. The van der Waals surface area contributed by atoms with Crippen molar-refractivity contribution in [3.05, 3.63) is 65.5 Å². The molecule has 184 valence electrons. The quantitative estimate of drug-likeness (QED) is 0.501. The van der Waals surface area contributed by atoms with E-state index in [2.05, 4.69) is 20.8 Å². The van der Waals surface area contributed by atoms with Crippen LogP contribution in [0.3, 0.4) is 0 Å². The van der Waals surface area contributed by atoms with E-state index < -0.39 is 15.6 Å². The van der Waals surface area contributed by atoms with Crippen LogP contribution in [0, 0.1) is 13.8 Å². The molecule has 1 aromatic heterocycles. The van der Waals surface area contributed by atoms with Gasteiger partial charge in [0.25, 0.3) is 0 Å². The van der Waals surface area contributed by atoms with Gasteiger partial charge in [-0.3, -0.25) is 5.10 Å². The Morgan fingerprint density at radius 3 is 2.60 bits per heavy atom. The molecule has 0 amide bonds. The lowest BCUT2D eigenvalue weighted by Gasteiger charge is -2.45. The van der Waals surface area contributed by atoms with Crippen LogP contribution in [0.4, 0.5) is 11.4 Å². The minimum atomic E-state index is -3.64. The third kappa shape index (κ3) is 4.28. The number of ether oxygens (including phenoxy) is 1. The van der Waals surface area contributed by atoms with Gasteiger partial charge in [-0.15, -0.1) is 0 Å². The van der Waals surface area contributed by atoms with Crippen molar-refractivity contribution in [2.45, 2.75) is 43.7 Å². The first-order valence-corrected chi connectivity index (χ1v) is 13.1. The summed E-state index contributed by atoms with van der Waals surface area (Å²) in [7, 11) is -1.98. The number of aromatic amines is 1. The number of anilines is 1. The summed E-state index contributed by atoms with van der Waals surface area (Å²) in [6.07, 6.45) is 1.17. The first-order valence-electron chi connectivity index (χ1n) is 11.7. The average molecular weight is 495 g/mol. The van der Waals surface area contributed by atoms with Gasteiger partial charge in [-0.05, 0) is 56.5 Å². The Kier molecular flexibility index (Phi) is 6.02. The van der Waals surface area contributed by atoms with Crippen LogP contribution in [-0.2, 0) is 16.6 Å². The number of benzene rings is 2. The van der Waals surface area contributed by atoms with E-state index >= 15 is 0 Å². The Hall–Kier alpha value is -3.37. The largest absolute Gasteiger partial charge is 0.497 e. The summed E-state index contributed by atoms with van der Waals surface area (Å²) in [5.74, 6) is 1.63. The maximum absolute atomic E-state index is 13.4. The molecule has 0 bridgehead atoms. The van der Waals surface area contributed by atoms with Crippen molar-refractivity contribution in [2.24, 2.45) is 4.99 Å². The minimum Gasteiger partial charge on any atom is -0.497 e. The van der Waals surface area contributed by atoms with Crippen molar-refractivity contribution in [3.8, 4) is 5.75 Å². The summed E-state index contributed by atoms with van der Waals surface area (Å²) in [6, 6.07) is 15.9. The number of aliphatic imine (C=N–C) groups is 1. The van der Waals surface area contributed by atoms with E-state index in [1.807, 2.05) is 48.5 Å². The van der Waals surface area contributed by atoms with Gasteiger partial charge in [0.1, 0.15) is 16.5 Å². The number of rotatable bonds is 5. The number of nitrogens with one attached hydrogen (secondary N) is 3. The summed E-state index contributed by atoms with van der Waals surface area (Å²) in [6.45, 7) is 4.79. The Morgan fingerprint density at radius 2 is 1.89 bits per heavy atom. The van der Waals surface area contributed by atoms with Gasteiger partial charge in [-0.1, -0.05) is 24.3 Å². The molecule has 5 rings (SSSR count). The lowest BCUT2D eigenvalue weighted by atomic mass is 9.85. The van der Waals surface area contributed by atoms with Gasteiger partial charge in [-0.2, -0.15) is 9.40 Å². The third-order valence-electron chi connectivity index (χ3n) is 6.79. The molecule has 0 radical (unpaired) electrons. The molecule has 0 atom stereocenters. The number of aryl methyl sites for hydroxylation is 2. The molecular weight excluding hydrogens is 464 g/mol. The average Bonchev–Trinajstić information content (AvgIpc) is 3.21. The Balaban J connectivity index is 1.40. The number of fused-ring (bicyclic) bond motifs is 1. The van der Waals surface area contributed by atoms with Crippen LogP contribution in [-0.4, -0.2) is 54.5 Å². The summed E-state index contributed by atoms with van der Waals surface area (Å²) < 4.78 is 33.7. The van der Waals surface area contributed by atoms with E-state index in [4.69, 9.17) is 9.73 Å². The minimum absolute atomic E-state index is 0.278. The zero-order chi connectivity index (χ0) is 24.6. The highest BCUT2D eigenvalue weighted by atomic mass is 32.2. The molecule has 1 saturated heterocycles. The van der Waals surface area contributed by atoms with Crippen LogP contribution in [0.5, 0.6) is 5.75 Å². The molecule has 3 heterocycles. The number of H-pyrrole nitrogens is 1. The number of nitrogens with zero attached hydrogens (tertiary/aromatic N) is 3. The van der Waals surface area contributed by atoms with Crippen molar-refractivity contribution >= 4 is 27.2 Å². The molecule has 2 aromatic carbocycles. The number of hydrogen-bond donors (Lipinski definition) is 3. The van der Waals surface area contributed by atoms with Gasteiger partial charge in [0, 0.05) is 19.6 Å². The first kappa shape index (κ1) is 23.4. The van der Waals surface area contributed by atoms with Crippen molar-refractivity contribution in [2.75, 3.05) is 25.5 Å². The van der Waals surface area contributed by atoms with E-state index in [0.29, 0.717) is 43.9 Å². The van der Waals surface area contributed by atoms with Crippen molar-refractivity contribution < 1.29 is 13.2 Å². The molecule has 9 nitrogen and oxygen atoms in total. The molecule has 2 aliphatic rings. The SMILES string of the molecule is COc1cccc(CNC2=Nc3ccccc3NC23CCN(S(=O)(=O)c2c(C)n[nH]c2C)CC3)c1. The van der Waals surface area contributed by atoms with E-state index in [-0.39, 0.29) is 4.90 Å². The molecule has 0 unspecified atom stereocenters. The van der Waals surface area contributed by atoms with Crippen LogP contribution >= 0.6 is 0 Å². The molecule has 2 aliphatic heterocycles. The molecule has 1 spiro atoms. The molecule has 1 fully saturated rings. The fraction of sp³-hybridized carbons (Fsp3) is 0.360. The smallest absolute Gasteiger partial charge is 0.246 e. The standard InChI is InChI=1S/C25H30N6O3S/c1-17-23(18(2)30-29-17)35(32,33)31-13-11-25(12-14-31)24(27-21-9-4-5-10-22(21)28-25)26-16-19-7-6-8-20(15-19)34-3/h4-10,15,28H,11-14,16H2,1-3H3,(H,26,27)(H,29,30). The second-order valence-electron chi connectivity index (χ2n) is 9.06. The predicted octanol–water partition coefficient (Wildman–Crippen LogP) is 3.50. The highest BCUT2D eigenvalue weighted by molar-refractivity contribution is 7.89. The van der Waals surface area contributed by atoms with Crippen LogP contribution in [0.15, 0.2) is 58.4 Å². The van der Waals surface area contributed by atoms with E-state index in [1.54, 1.807) is 25.3 Å². The van der Waals surface area contributed by atoms with Gasteiger partial charge >= 0.3 is 0 Å². The third-order valence-corrected chi connectivity index (χ3v) is 8.95. The molecule has 35 heavy (non-hydrogen) atoms. The number of piperidine rings is 1. The second-order valence-corrected chi connectivity index (χ2v) is 10.9. The van der Waals surface area contributed by atoms with Gasteiger partial charge in [0.15, 0.2) is 0 Å². The van der Waals surface area contributed by atoms with Crippen LogP contribution in [0.1, 0.15) is 29.8 Å². The van der Waals surface area contributed by atoms with Crippen LogP contribution < -0.4 is 15.4 Å². The molecule has 3 aromatic rings. The topological polar surface area (TPSA) is 112 Å². The Labute approximate surface area is 205 Å². The highest BCUT2D eigenvalue weighted by Crippen LogP contribution is 2.39. The maximum Gasteiger partial charge on any atom is 0.246 e. The van der Waals surface area contributed by atoms with E-state index in [1.165, 1.54) is 0 Å². The lowest BCUT2D eigenvalue weighted by Crippen LogP contribution is -2.59.